The van der Waals surface area contributed by atoms with Crippen molar-refractivity contribution in [3.8, 4) is 17.3 Å². The Hall–Kier alpha value is -3.27. The number of hydrogen-bond donors (Lipinski definition) is 2. The van der Waals surface area contributed by atoms with Gasteiger partial charge in [-0.15, -0.1) is 5.10 Å². The van der Waals surface area contributed by atoms with Gasteiger partial charge in [-0.2, -0.15) is 9.78 Å². The van der Waals surface area contributed by atoms with E-state index in [0.29, 0.717) is 17.1 Å². The lowest BCUT2D eigenvalue weighted by Crippen LogP contribution is -1.95. The van der Waals surface area contributed by atoms with Crippen molar-refractivity contribution in [3.63, 3.8) is 0 Å². The highest BCUT2D eigenvalue weighted by Crippen LogP contribution is 2.25. The Bertz CT molecular complexity index is 942. The molecule has 3 aromatic rings. The van der Waals surface area contributed by atoms with Gasteiger partial charge in [0.1, 0.15) is 0 Å². The van der Waals surface area contributed by atoms with E-state index in [2.05, 4.69) is 15.3 Å². The molecule has 10 heteroatoms. The summed E-state index contributed by atoms with van der Waals surface area (Å²) in [5, 5.41) is 31.0. The molecule has 0 radical (unpaired) electrons. The molecule has 0 bridgehead atoms. The largest absolute Gasteiger partial charge is 0.502 e. The van der Waals surface area contributed by atoms with Crippen LogP contribution >= 0.6 is 12.2 Å². The number of nitro benzene ring substituents is 1. The van der Waals surface area contributed by atoms with E-state index in [0.717, 1.165) is 0 Å². The first-order valence-corrected chi connectivity index (χ1v) is 6.70. The molecular weight excluding hydrogens is 322 g/mol. The van der Waals surface area contributed by atoms with Crippen LogP contribution in [0.1, 0.15) is 5.56 Å². The molecule has 9 nitrogen and oxygen atoms in total. The van der Waals surface area contributed by atoms with Gasteiger partial charge in [0.25, 0.3) is 0 Å². The van der Waals surface area contributed by atoms with Gasteiger partial charge in [-0.1, -0.05) is 0 Å². The summed E-state index contributed by atoms with van der Waals surface area (Å²) in [6.45, 7) is 0. The molecule has 23 heavy (non-hydrogen) atoms. The monoisotopic (exact) mass is 331 g/mol. The van der Waals surface area contributed by atoms with Crippen molar-refractivity contribution in [1.82, 2.24) is 14.9 Å². The second-order valence-corrected chi connectivity index (χ2v) is 4.78. The van der Waals surface area contributed by atoms with Crippen LogP contribution < -0.4 is 0 Å². The summed E-state index contributed by atoms with van der Waals surface area (Å²) in [5.74, 6) is 0.416. The SMILES string of the molecule is O=[N+]([O-])c1cc(/C=N/n2c(-c3ccco3)n[nH]c2=S)ccc1O. The van der Waals surface area contributed by atoms with Crippen LogP contribution in [-0.4, -0.2) is 31.1 Å². The molecule has 0 fully saturated rings. The minimum Gasteiger partial charge on any atom is -0.502 e. The number of phenolic OH excluding ortho intramolecular Hbond substituents is 1. The van der Waals surface area contributed by atoms with Gasteiger partial charge in [0.15, 0.2) is 11.5 Å². The highest BCUT2D eigenvalue weighted by molar-refractivity contribution is 7.71. The van der Waals surface area contributed by atoms with E-state index >= 15 is 0 Å². The number of hydrogen-bond acceptors (Lipinski definition) is 7. The van der Waals surface area contributed by atoms with Crippen LogP contribution in [0.2, 0.25) is 0 Å². The Morgan fingerprint density at radius 2 is 2.30 bits per heavy atom. The fourth-order valence-electron chi connectivity index (χ4n) is 1.86. The van der Waals surface area contributed by atoms with Crippen molar-refractivity contribution in [2.75, 3.05) is 0 Å². The molecule has 2 aromatic heterocycles. The number of nitro groups is 1. The molecule has 0 saturated carbocycles. The van der Waals surface area contributed by atoms with Gasteiger partial charge in [0, 0.05) is 11.6 Å². The van der Waals surface area contributed by atoms with E-state index in [1.54, 1.807) is 12.1 Å². The lowest BCUT2D eigenvalue weighted by Gasteiger charge is -1.99. The summed E-state index contributed by atoms with van der Waals surface area (Å²) < 4.78 is 6.81. The maximum atomic E-state index is 10.8. The quantitative estimate of drug-likeness (QED) is 0.328. The average Bonchev–Trinajstić information content (AvgIpc) is 3.16. The number of benzene rings is 1. The van der Waals surface area contributed by atoms with Gasteiger partial charge in [-0.3, -0.25) is 10.1 Å². The molecule has 1 aromatic carbocycles. The van der Waals surface area contributed by atoms with Crippen molar-refractivity contribution in [2.45, 2.75) is 0 Å². The van der Waals surface area contributed by atoms with Gasteiger partial charge < -0.3 is 9.52 Å². The van der Waals surface area contributed by atoms with Crippen molar-refractivity contribution in [2.24, 2.45) is 5.10 Å². The smallest absolute Gasteiger partial charge is 0.311 e. The Kier molecular flexibility index (Phi) is 3.73. The number of rotatable bonds is 4. The zero-order valence-electron chi connectivity index (χ0n) is 11.4. The molecule has 2 N–H and O–H groups in total. The Labute approximate surface area is 133 Å². The normalized spacial score (nSPS) is 11.1. The molecular formula is C13H9N5O4S. The number of aromatic nitrogens is 3. The number of nitrogens with zero attached hydrogens (tertiary/aromatic N) is 4. The average molecular weight is 331 g/mol. The van der Waals surface area contributed by atoms with E-state index in [1.165, 1.54) is 35.4 Å². The highest BCUT2D eigenvalue weighted by Gasteiger charge is 2.13. The first-order chi connectivity index (χ1) is 11.1. The Morgan fingerprint density at radius 3 is 3.00 bits per heavy atom. The first-order valence-electron chi connectivity index (χ1n) is 6.29. The minimum absolute atomic E-state index is 0.237. The summed E-state index contributed by atoms with van der Waals surface area (Å²) in [4.78, 5) is 10.1. The molecule has 3 rings (SSSR count). The highest BCUT2D eigenvalue weighted by atomic mass is 32.1. The maximum absolute atomic E-state index is 10.8. The molecule has 0 aliphatic heterocycles. The van der Waals surface area contributed by atoms with E-state index < -0.39 is 16.4 Å². The van der Waals surface area contributed by atoms with Crippen LogP contribution in [0.3, 0.4) is 0 Å². The van der Waals surface area contributed by atoms with E-state index in [9.17, 15) is 15.2 Å². The molecule has 0 aliphatic rings. The summed E-state index contributed by atoms with van der Waals surface area (Å²) in [6, 6.07) is 7.31. The number of phenols is 1. The Morgan fingerprint density at radius 1 is 1.48 bits per heavy atom. The topological polar surface area (TPSA) is 122 Å². The lowest BCUT2D eigenvalue weighted by molar-refractivity contribution is -0.385. The number of furan rings is 1. The van der Waals surface area contributed by atoms with Crippen LogP contribution in [0.5, 0.6) is 5.75 Å². The molecule has 0 unspecified atom stereocenters. The van der Waals surface area contributed by atoms with Crippen molar-refractivity contribution in [1.29, 1.82) is 0 Å². The third-order valence-corrected chi connectivity index (χ3v) is 3.17. The van der Waals surface area contributed by atoms with Gasteiger partial charge in [-0.05, 0) is 36.5 Å². The third kappa shape index (κ3) is 2.87. The van der Waals surface area contributed by atoms with Crippen LogP contribution in [-0.2, 0) is 0 Å². The van der Waals surface area contributed by atoms with Crippen LogP contribution in [0.4, 0.5) is 5.69 Å². The van der Waals surface area contributed by atoms with E-state index in [-0.39, 0.29) is 4.77 Å². The van der Waals surface area contributed by atoms with E-state index in [1.807, 2.05) is 0 Å². The number of aromatic amines is 1. The summed E-state index contributed by atoms with van der Waals surface area (Å²) >= 11 is 5.09. The summed E-state index contributed by atoms with van der Waals surface area (Å²) in [6.07, 6.45) is 2.86. The number of aromatic hydroxyl groups is 1. The zero-order chi connectivity index (χ0) is 16.4. The fraction of sp³-hybridized carbons (Fsp3) is 0. The maximum Gasteiger partial charge on any atom is 0.311 e. The first kappa shape index (κ1) is 14.7. The van der Waals surface area contributed by atoms with Gasteiger partial charge in [0.2, 0.25) is 10.6 Å². The molecule has 0 aliphatic carbocycles. The minimum atomic E-state index is -0.676. The molecule has 0 atom stereocenters. The van der Waals surface area contributed by atoms with Crippen molar-refractivity contribution in [3.05, 3.63) is 57.0 Å². The predicted molar refractivity (Wildman–Crippen MR) is 82.9 cm³/mol. The molecule has 0 amide bonds. The molecule has 2 heterocycles. The predicted octanol–water partition coefficient (Wildman–Crippen LogP) is 2.70. The molecule has 116 valence electrons. The van der Waals surface area contributed by atoms with Crippen molar-refractivity contribution < 1.29 is 14.4 Å². The lowest BCUT2D eigenvalue weighted by atomic mass is 10.2. The third-order valence-electron chi connectivity index (χ3n) is 2.91. The Balaban J connectivity index is 1.99. The standard InChI is InChI=1S/C13H9N5O4S/c19-10-4-3-8(6-9(10)18(20)21)7-14-17-12(15-16-13(17)23)11-2-1-5-22-11/h1-7,19H,(H,16,23)/b14-7+. The van der Waals surface area contributed by atoms with Crippen LogP contribution in [0.25, 0.3) is 11.6 Å². The second-order valence-electron chi connectivity index (χ2n) is 4.39. The summed E-state index contributed by atoms with van der Waals surface area (Å²) in [7, 11) is 0. The summed E-state index contributed by atoms with van der Waals surface area (Å²) in [5.41, 5.74) is 0.0130. The zero-order valence-corrected chi connectivity index (χ0v) is 12.2. The van der Waals surface area contributed by atoms with Gasteiger partial charge >= 0.3 is 5.69 Å². The molecule has 0 saturated heterocycles. The number of H-pyrrole nitrogens is 1. The fourth-order valence-corrected chi connectivity index (χ4v) is 2.03. The second kappa shape index (κ2) is 5.85. The van der Waals surface area contributed by atoms with E-state index in [4.69, 9.17) is 16.6 Å². The van der Waals surface area contributed by atoms with Gasteiger partial charge in [-0.25, -0.2) is 5.10 Å². The number of nitrogens with one attached hydrogen (secondary N) is 1. The van der Waals surface area contributed by atoms with Gasteiger partial charge in [0.05, 0.1) is 17.4 Å². The van der Waals surface area contributed by atoms with Crippen molar-refractivity contribution >= 4 is 24.1 Å². The van der Waals surface area contributed by atoms with Crippen LogP contribution in [0.15, 0.2) is 46.1 Å². The van der Waals surface area contributed by atoms with Crippen LogP contribution in [0, 0.1) is 14.9 Å². The molecule has 0 spiro atoms.